The maximum Gasteiger partial charge on any atom is 0.222 e. The highest BCUT2D eigenvalue weighted by molar-refractivity contribution is 5.76. The number of aromatic nitrogens is 2. The van der Waals surface area contributed by atoms with Crippen LogP contribution in [0.3, 0.4) is 0 Å². The summed E-state index contributed by atoms with van der Waals surface area (Å²) >= 11 is 0. The first-order chi connectivity index (χ1) is 10.1. The van der Waals surface area contributed by atoms with E-state index >= 15 is 0 Å². The Kier molecular flexibility index (Phi) is 5.79. The van der Waals surface area contributed by atoms with Gasteiger partial charge < -0.3 is 14.6 Å². The van der Waals surface area contributed by atoms with Gasteiger partial charge in [-0.05, 0) is 19.3 Å². The molecular weight excluding hydrogens is 266 g/mol. The van der Waals surface area contributed by atoms with E-state index < -0.39 is 6.10 Å². The van der Waals surface area contributed by atoms with Crippen molar-refractivity contribution in [1.82, 2.24) is 14.5 Å². The molecular formula is C16H27N3O2. The molecule has 1 fully saturated rings. The number of carbonyl (C=O) groups excluding carboxylic acids is 1. The average molecular weight is 293 g/mol. The minimum atomic E-state index is -0.587. The van der Waals surface area contributed by atoms with E-state index in [0.29, 0.717) is 18.8 Å². The number of likely N-dealkylation sites (tertiary alicyclic amines) is 1. The number of hydrogen-bond acceptors (Lipinski definition) is 3. The molecule has 21 heavy (non-hydrogen) atoms. The van der Waals surface area contributed by atoms with Crippen molar-refractivity contribution in [2.45, 2.75) is 51.6 Å². The molecule has 0 aliphatic carbocycles. The summed E-state index contributed by atoms with van der Waals surface area (Å²) in [5, 5.41) is 10.5. The first kappa shape index (κ1) is 16.0. The summed E-state index contributed by atoms with van der Waals surface area (Å²) in [5.41, 5.74) is 0. The van der Waals surface area contributed by atoms with Crippen LogP contribution in [-0.2, 0) is 11.8 Å². The zero-order chi connectivity index (χ0) is 15.2. The second-order valence-corrected chi connectivity index (χ2v) is 6.04. The Balaban J connectivity index is 1.91. The molecule has 0 radical (unpaired) electrons. The molecule has 1 aromatic heterocycles. The smallest absolute Gasteiger partial charge is 0.222 e. The second-order valence-electron chi connectivity index (χ2n) is 6.04. The summed E-state index contributed by atoms with van der Waals surface area (Å²) in [6.45, 7) is 3.62. The van der Waals surface area contributed by atoms with Crippen molar-refractivity contribution < 1.29 is 9.90 Å². The summed E-state index contributed by atoms with van der Waals surface area (Å²) in [6.07, 6.45) is 8.73. The number of piperidine rings is 1. The van der Waals surface area contributed by atoms with E-state index in [1.54, 1.807) is 6.20 Å². The fourth-order valence-corrected chi connectivity index (χ4v) is 3.05. The summed E-state index contributed by atoms with van der Waals surface area (Å²) in [6, 6.07) is 0. The molecule has 0 spiro atoms. The van der Waals surface area contributed by atoms with Crippen LogP contribution < -0.4 is 0 Å². The lowest BCUT2D eigenvalue weighted by atomic mass is 9.91. The number of hydrogen-bond donors (Lipinski definition) is 1. The Morgan fingerprint density at radius 3 is 3.00 bits per heavy atom. The van der Waals surface area contributed by atoms with Gasteiger partial charge in [0.05, 0.1) is 0 Å². The SMILES string of the molecule is CCCCCC(=O)N1CCCC(C(O)c2nccn2C)C1. The Morgan fingerprint density at radius 1 is 1.52 bits per heavy atom. The van der Waals surface area contributed by atoms with Crippen LogP contribution in [0.4, 0.5) is 0 Å². The summed E-state index contributed by atoms with van der Waals surface area (Å²) in [4.78, 5) is 18.4. The minimum Gasteiger partial charge on any atom is -0.385 e. The Bertz CT molecular complexity index is 458. The lowest BCUT2D eigenvalue weighted by molar-refractivity contribution is -0.134. The summed E-state index contributed by atoms with van der Waals surface area (Å²) < 4.78 is 1.85. The van der Waals surface area contributed by atoms with Crippen LogP contribution in [0.25, 0.3) is 0 Å². The van der Waals surface area contributed by atoms with Gasteiger partial charge in [-0.3, -0.25) is 4.79 Å². The Labute approximate surface area is 127 Å². The molecule has 2 unspecified atom stereocenters. The Morgan fingerprint density at radius 2 is 2.33 bits per heavy atom. The molecule has 1 amide bonds. The number of aliphatic hydroxyl groups excluding tert-OH is 1. The highest BCUT2D eigenvalue weighted by Gasteiger charge is 2.30. The van der Waals surface area contributed by atoms with Crippen molar-refractivity contribution in [2.24, 2.45) is 13.0 Å². The van der Waals surface area contributed by atoms with Gasteiger partial charge in [0.2, 0.25) is 5.91 Å². The van der Waals surface area contributed by atoms with Crippen molar-refractivity contribution in [2.75, 3.05) is 13.1 Å². The molecule has 0 aromatic carbocycles. The molecule has 1 N–H and O–H groups in total. The first-order valence-electron chi connectivity index (χ1n) is 8.06. The topological polar surface area (TPSA) is 58.4 Å². The van der Waals surface area contributed by atoms with E-state index in [1.165, 1.54) is 0 Å². The predicted octanol–water partition coefficient (Wildman–Crippen LogP) is 2.27. The molecule has 1 aromatic rings. The maximum absolute atomic E-state index is 12.2. The van der Waals surface area contributed by atoms with Gasteiger partial charge in [0.25, 0.3) is 0 Å². The molecule has 5 nitrogen and oxygen atoms in total. The molecule has 1 aliphatic heterocycles. The molecule has 118 valence electrons. The first-order valence-corrected chi connectivity index (χ1v) is 8.06. The van der Waals surface area contributed by atoms with Crippen molar-refractivity contribution in [3.05, 3.63) is 18.2 Å². The number of rotatable bonds is 6. The van der Waals surface area contributed by atoms with Crippen molar-refractivity contribution >= 4 is 5.91 Å². The monoisotopic (exact) mass is 293 g/mol. The molecule has 1 saturated heterocycles. The van der Waals surface area contributed by atoms with Crippen molar-refractivity contribution in [3.63, 3.8) is 0 Å². The van der Waals surface area contributed by atoms with E-state index in [0.717, 1.165) is 38.6 Å². The van der Waals surface area contributed by atoms with Gasteiger partial charge >= 0.3 is 0 Å². The fourth-order valence-electron chi connectivity index (χ4n) is 3.05. The maximum atomic E-state index is 12.2. The number of aliphatic hydroxyl groups is 1. The molecule has 5 heteroatoms. The van der Waals surface area contributed by atoms with Crippen molar-refractivity contribution in [1.29, 1.82) is 0 Å². The second kappa shape index (κ2) is 7.59. The van der Waals surface area contributed by atoms with E-state index in [-0.39, 0.29) is 11.8 Å². The van der Waals surface area contributed by atoms with Gasteiger partial charge in [0, 0.05) is 44.9 Å². The average Bonchev–Trinajstić information content (AvgIpc) is 2.93. The molecule has 2 rings (SSSR count). The number of imidazole rings is 1. The highest BCUT2D eigenvalue weighted by Crippen LogP contribution is 2.29. The van der Waals surface area contributed by atoms with E-state index in [9.17, 15) is 9.90 Å². The van der Waals surface area contributed by atoms with Crippen LogP contribution >= 0.6 is 0 Å². The lowest BCUT2D eigenvalue weighted by Crippen LogP contribution is -2.41. The van der Waals surface area contributed by atoms with Gasteiger partial charge in [-0.25, -0.2) is 4.98 Å². The van der Waals surface area contributed by atoms with Gasteiger partial charge in [0.1, 0.15) is 11.9 Å². The third-order valence-electron chi connectivity index (χ3n) is 4.37. The zero-order valence-electron chi connectivity index (χ0n) is 13.2. The van der Waals surface area contributed by atoms with Crippen LogP contribution in [0.15, 0.2) is 12.4 Å². The normalized spacial score (nSPS) is 20.5. The summed E-state index contributed by atoms with van der Waals surface area (Å²) in [7, 11) is 1.89. The van der Waals surface area contributed by atoms with Crippen LogP contribution in [0.1, 0.15) is 57.4 Å². The molecule has 0 saturated carbocycles. The standard InChI is InChI=1S/C16H27N3O2/c1-3-4-5-8-14(20)19-10-6-7-13(12-19)15(21)16-17-9-11-18(16)2/h9,11,13,15,21H,3-8,10,12H2,1-2H3. The predicted molar refractivity (Wildman–Crippen MR) is 81.6 cm³/mol. The van der Waals surface area contributed by atoms with Crippen LogP contribution in [0.5, 0.6) is 0 Å². The number of carbonyl (C=O) groups is 1. The highest BCUT2D eigenvalue weighted by atomic mass is 16.3. The number of aryl methyl sites for hydroxylation is 1. The third-order valence-corrected chi connectivity index (χ3v) is 4.37. The molecule has 2 atom stereocenters. The zero-order valence-corrected chi connectivity index (χ0v) is 13.2. The minimum absolute atomic E-state index is 0.0926. The van der Waals surface area contributed by atoms with Crippen LogP contribution in [0.2, 0.25) is 0 Å². The van der Waals surface area contributed by atoms with Gasteiger partial charge in [-0.15, -0.1) is 0 Å². The number of nitrogens with zero attached hydrogens (tertiary/aromatic N) is 3. The largest absolute Gasteiger partial charge is 0.385 e. The van der Waals surface area contributed by atoms with E-state index in [4.69, 9.17) is 0 Å². The molecule has 1 aliphatic rings. The quantitative estimate of drug-likeness (QED) is 0.819. The summed E-state index contributed by atoms with van der Waals surface area (Å²) in [5.74, 6) is 1.02. The molecule has 2 heterocycles. The third kappa shape index (κ3) is 4.06. The van der Waals surface area contributed by atoms with Gasteiger partial charge in [-0.2, -0.15) is 0 Å². The van der Waals surface area contributed by atoms with E-state index in [1.807, 2.05) is 22.7 Å². The lowest BCUT2D eigenvalue weighted by Gasteiger charge is -2.35. The van der Waals surface area contributed by atoms with Gasteiger partial charge in [0.15, 0.2) is 0 Å². The Hall–Kier alpha value is -1.36. The van der Waals surface area contributed by atoms with Crippen LogP contribution in [0, 0.1) is 5.92 Å². The van der Waals surface area contributed by atoms with Crippen molar-refractivity contribution in [3.8, 4) is 0 Å². The molecule has 0 bridgehead atoms. The van der Waals surface area contributed by atoms with Crippen LogP contribution in [-0.4, -0.2) is 38.6 Å². The fraction of sp³-hybridized carbons (Fsp3) is 0.750. The van der Waals surface area contributed by atoms with E-state index in [2.05, 4.69) is 11.9 Å². The van der Waals surface area contributed by atoms with Gasteiger partial charge in [-0.1, -0.05) is 19.8 Å². The number of unbranched alkanes of at least 4 members (excludes halogenated alkanes) is 2. The number of amides is 1.